The fourth-order valence-electron chi connectivity index (χ4n) is 3.68. The highest BCUT2D eigenvalue weighted by Crippen LogP contribution is 2.36. The van der Waals surface area contributed by atoms with E-state index in [9.17, 15) is 9.90 Å². The number of nitrogens with zero attached hydrogens (tertiary/aromatic N) is 4. The largest absolute Gasteiger partial charge is 0.504 e. The quantitative estimate of drug-likeness (QED) is 0.820. The fraction of sp³-hybridized carbons (Fsp3) is 0.579. The number of rotatable bonds is 5. The summed E-state index contributed by atoms with van der Waals surface area (Å²) in [5.41, 5.74) is 0.0119. The van der Waals surface area contributed by atoms with Crippen LogP contribution in [0.15, 0.2) is 10.9 Å². The molecule has 146 valence electrons. The summed E-state index contributed by atoms with van der Waals surface area (Å²) in [4.78, 5) is 22.6. The molecule has 27 heavy (non-hydrogen) atoms. The minimum Gasteiger partial charge on any atom is -0.504 e. The van der Waals surface area contributed by atoms with Gasteiger partial charge in [0.25, 0.3) is 5.56 Å². The molecule has 1 N–H and O–H groups in total. The monoisotopic (exact) mass is 410 g/mol. The van der Waals surface area contributed by atoms with Crippen LogP contribution in [0, 0.1) is 5.92 Å². The number of piperazine rings is 1. The van der Waals surface area contributed by atoms with Crippen LogP contribution in [0.1, 0.15) is 25.6 Å². The Hall–Kier alpha value is -1.34. The zero-order valence-corrected chi connectivity index (χ0v) is 16.9. The lowest BCUT2D eigenvalue weighted by Crippen LogP contribution is -2.46. The Morgan fingerprint density at radius 1 is 1.15 bits per heavy atom. The van der Waals surface area contributed by atoms with Gasteiger partial charge in [0.1, 0.15) is 11.3 Å². The van der Waals surface area contributed by atoms with E-state index in [1.165, 1.54) is 6.07 Å². The summed E-state index contributed by atoms with van der Waals surface area (Å²) in [6, 6.07) is 1.41. The smallest absolute Gasteiger partial charge is 0.263 e. The topological polar surface area (TPSA) is 61.6 Å². The summed E-state index contributed by atoms with van der Waals surface area (Å²) in [6.07, 6.45) is 2.28. The molecule has 1 aliphatic heterocycles. The van der Waals surface area contributed by atoms with E-state index in [2.05, 4.69) is 21.7 Å². The molecule has 4 rings (SSSR count). The minimum absolute atomic E-state index is 0.113. The van der Waals surface area contributed by atoms with Crippen LogP contribution in [0.25, 0.3) is 10.9 Å². The van der Waals surface area contributed by atoms with Crippen molar-refractivity contribution in [3.8, 4) is 5.75 Å². The van der Waals surface area contributed by atoms with Gasteiger partial charge in [-0.25, -0.2) is 4.98 Å². The SMILES string of the molecule is CCN1CCN(Cc2nc3c(O)c(Cl)cc(Cl)c3c(=O)n2CC2CC2)CC1. The molecule has 1 aromatic carbocycles. The van der Waals surface area contributed by atoms with E-state index >= 15 is 0 Å². The first kappa shape index (κ1) is 19.0. The van der Waals surface area contributed by atoms with Crippen molar-refractivity contribution in [1.29, 1.82) is 0 Å². The summed E-state index contributed by atoms with van der Waals surface area (Å²) >= 11 is 12.3. The lowest BCUT2D eigenvalue weighted by molar-refractivity contribution is 0.128. The van der Waals surface area contributed by atoms with Gasteiger partial charge in [-0.1, -0.05) is 30.1 Å². The van der Waals surface area contributed by atoms with Crippen molar-refractivity contribution in [3.63, 3.8) is 0 Å². The number of phenolic OH excluding ortho intramolecular Hbond substituents is 1. The number of hydrogen-bond acceptors (Lipinski definition) is 5. The van der Waals surface area contributed by atoms with Crippen molar-refractivity contribution in [1.82, 2.24) is 19.4 Å². The van der Waals surface area contributed by atoms with Gasteiger partial charge in [0.05, 0.1) is 22.0 Å². The zero-order valence-electron chi connectivity index (χ0n) is 15.4. The van der Waals surface area contributed by atoms with E-state index in [1.54, 1.807) is 4.57 Å². The van der Waals surface area contributed by atoms with Crippen molar-refractivity contribution in [2.45, 2.75) is 32.9 Å². The van der Waals surface area contributed by atoms with E-state index in [0.29, 0.717) is 24.8 Å². The molecule has 2 fully saturated rings. The normalized spacial score (nSPS) is 19.1. The molecule has 1 saturated heterocycles. The maximum absolute atomic E-state index is 13.2. The van der Waals surface area contributed by atoms with Crippen molar-refractivity contribution in [2.75, 3.05) is 32.7 Å². The fourth-order valence-corrected chi connectivity index (χ4v) is 4.22. The zero-order chi connectivity index (χ0) is 19.1. The molecular weight excluding hydrogens is 387 g/mol. The highest BCUT2D eigenvalue weighted by Gasteiger charge is 2.27. The van der Waals surface area contributed by atoms with Crippen LogP contribution >= 0.6 is 23.2 Å². The number of likely N-dealkylation sites (N-methyl/N-ethyl adjacent to an activating group) is 1. The third kappa shape index (κ3) is 3.81. The van der Waals surface area contributed by atoms with Crippen LogP contribution in [-0.4, -0.2) is 57.2 Å². The number of aromatic nitrogens is 2. The molecule has 0 amide bonds. The van der Waals surface area contributed by atoms with Crippen LogP contribution in [0.3, 0.4) is 0 Å². The third-order valence-electron chi connectivity index (χ3n) is 5.61. The summed E-state index contributed by atoms with van der Waals surface area (Å²) in [5.74, 6) is 1.03. The van der Waals surface area contributed by atoms with Gasteiger partial charge in [-0.05, 0) is 31.4 Å². The second-order valence-electron chi connectivity index (χ2n) is 7.51. The van der Waals surface area contributed by atoms with Crippen LogP contribution < -0.4 is 5.56 Å². The molecule has 1 aliphatic carbocycles. The van der Waals surface area contributed by atoms with Crippen LogP contribution in [0.2, 0.25) is 10.0 Å². The molecule has 0 bridgehead atoms. The van der Waals surface area contributed by atoms with E-state index in [1.807, 2.05) is 0 Å². The Bertz CT molecular complexity index is 918. The van der Waals surface area contributed by atoms with Crippen molar-refractivity contribution < 1.29 is 5.11 Å². The van der Waals surface area contributed by atoms with Gasteiger partial charge in [0.2, 0.25) is 0 Å². The molecule has 2 aliphatic rings. The predicted molar refractivity (Wildman–Crippen MR) is 108 cm³/mol. The van der Waals surface area contributed by atoms with E-state index in [0.717, 1.165) is 45.6 Å². The molecular formula is C19H24Cl2N4O2. The van der Waals surface area contributed by atoms with Gasteiger partial charge in [-0.3, -0.25) is 14.3 Å². The van der Waals surface area contributed by atoms with Crippen molar-refractivity contribution in [2.24, 2.45) is 5.92 Å². The Balaban J connectivity index is 1.75. The summed E-state index contributed by atoms with van der Waals surface area (Å²) in [6.45, 7) is 8.37. The first-order valence-electron chi connectivity index (χ1n) is 9.53. The van der Waals surface area contributed by atoms with Crippen LogP contribution in [-0.2, 0) is 13.1 Å². The molecule has 1 saturated carbocycles. The van der Waals surface area contributed by atoms with Crippen LogP contribution in [0.5, 0.6) is 5.75 Å². The summed E-state index contributed by atoms with van der Waals surface area (Å²) < 4.78 is 1.76. The number of fused-ring (bicyclic) bond motifs is 1. The number of hydrogen-bond donors (Lipinski definition) is 1. The molecule has 0 spiro atoms. The Morgan fingerprint density at radius 2 is 1.81 bits per heavy atom. The Labute approximate surface area is 168 Å². The van der Waals surface area contributed by atoms with E-state index in [-0.39, 0.29) is 32.3 Å². The molecule has 2 aromatic rings. The lowest BCUT2D eigenvalue weighted by atomic mass is 10.2. The molecule has 1 aromatic heterocycles. The molecule has 6 nitrogen and oxygen atoms in total. The molecule has 0 radical (unpaired) electrons. The highest BCUT2D eigenvalue weighted by molar-refractivity contribution is 6.39. The molecule has 8 heteroatoms. The summed E-state index contributed by atoms with van der Waals surface area (Å²) in [5, 5.41) is 11.0. The first-order chi connectivity index (χ1) is 13.0. The average molecular weight is 411 g/mol. The first-order valence-corrected chi connectivity index (χ1v) is 10.3. The number of benzene rings is 1. The average Bonchev–Trinajstić information content (AvgIpc) is 3.47. The summed E-state index contributed by atoms with van der Waals surface area (Å²) in [7, 11) is 0. The molecule has 2 heterocycles. The van der Waals surface area contributed by atoms with Gasteiger partial charge < -0.3 is 10.0 Å². The van der Waals surface area contributed by atoms with E-state index < -0.39 is 0 Å². The lowest BCUT2D eigenvalue weighted by Gasteiger charge is -2.34. The molecule has 0 atom stereocenters. The highest BCUT2D eigenvalue weighted by atomic mass is 35.5. The Morgan fingerprint density at radius 3 is 2.44 bits per heavy atom. The Kier molecular flexibility index (Phi) is 5.34. The minimum atomic E-state index is -0.189. The number of phenols is 1. The number of aromatic hydroxyl groups is 1. The van der Waals surface area contributed by atoms with Gasteiger partial charge in [0, 0.05) is 32.7 Å². The number of halogens is 2. The second-order valence-corrected chi connectivity index (χ2v) is 8.32. The van der Waals surface area contributed by atoms with Gasteiger partial charge in [0.15, 0.2) is 5.75 Å². The second kappa shape index (κ2) is 7.59. The standard InChI is InChI=1S/C19H24Cl2N4O2/c1-2-23-5-7-24(8-6-23)11-15-22-17-16(13(20)9-14(21)18(17)26)19(27)25(15)10-12-3-4-12/h9,12,26H,2-8,10-11H2,1H3. The van der Waals surface area contributed by atoms with Crippen LogP contribution in [0.4, 0.5) is 0 Å². The molecule has 0 unspecified atom stereocenters. The third-order valence-corrected chi connectivity index (χ3v) is 6.19. The maximum atomic E-state index is 13.2. The maximum Gasteiger partial charge on any atom is 0.263 e. The predicted octanol–water partition coefficient (Wildman–Crippen LogP) is 2.96. The van der Waals surface area contributed by atoms with Gasteiger partial charge in [-0.15, -0.1) is 0 Å². The van der Waals surface area contributed by atoms with Crippen molar-refractivity contribution in [3.05, 3.63) is 32.3 Å². The van der Waals surface area contributed by atoms with Gasteiger partial charge >= 0.3 is 0 Å². The van der Waals surface area contributed by atoms with Crippen molar-refractivity contribution >= 4 is 34.1 Å². The van der Waals surface area contributed by atoms with Gasteiger partial charge in [-0.2, -0.15) is 0 Å². The van der Waals surface area contributed by atoms with E-state index in [4.69, 9.17) is 23.2 Å².